The van der Waals surface area contributed by atoms with Crippen molar-refractivity contribution in [1.82, 2.24) is 0 Å². The Morgan fingerprint density at radius 2 is 1.97 bits per heavy atom. The fourth-order valence-electron chi connectivity index (χ4n) is 6.74. The quantitative estimate of drug-likeness (QED) is 0.520. The number of rotatable bonds is 6. The molecule has 0 spiro atoms. The molecular weight excluding hydrogens is 372 g/mol. The van der Waals surface area contributed by atoms with Crippen LogP contribution >= 0.6 is 0 Å². The van der Waals surface area contributed by atoms with Crippen LogP contribution in [-0.4, -0.2) is 33.1 Å². The number of hydrogen-bond donors (Lipinski definition) is 3. The average Bonchev–Trinajstić information content (AvgIpc) is 3.00. The van der Waals surface area contributed by atoms with Gasteiger partial charge in [-0.25, -0.2) is 0 Å². The lowest BCUT2D eigenvalue weighted by atomic mass is 9.60. The zero-order chi connectivity index (χ0) is 22.1. The predicted molar refractivity (Wildman–Crippen MR) is 124 cm³/mol. The minimum atomic E-state index is -0.615. The first-order chi connectivity index (χ1) is 14.0. The lowest BCUT2D eigenvalue weighted by molar-refractivity contribution is 0.0596. The van der Waals surface area contributed by atoms with Gasteiger partial charge in [0.2, 0.25) is 0 Å². The summed E-state index contributed by atoms with van der Waals surface area (Å²) in [5.74, 6) is 2.11. The van der Waals surface area contributed by atoms with Crippen molar-refractivity contribution in [2.45, 2.75) is 110 Å². The molecule has 0 aromatic carbocycles. The number of aliphatic hydroxyl groups is 3. The highest BCUT2D eigenvalue weighted by atomic mass is 16.3. The van der Waals surface area contributed by atoms with Crippen LogP contribution in [0.25, 0.3) is 0 Å². The molecule has 0 bridgehead atoms. The van der Waals surface area contributed by atoms with Gasteiger partial charge < -0.3 is 15.3 Å². The largest absolute Gasteiger partial charge is 0.393 e. The molecule has 6 atom stereocenters. The summed E-state index contributed by atoms with van der Waals surface area (Å²) in [4.78, 5) is 0. The van der Waals surface area contributed by atoms with Crippen molar-refractivity contribution < 1.29 is 15.3 Å². The fourth-order valence-corrected chi connectivity index (χ4v) is 6.74. The molecule has 0 aromatic heterocycles. The molecule has 0 aliphatic heterocycles. The second kappa shape index (κ2) is 9.30. The summed E-state index contributed by atoms with van der Waals surface area (Å²) >= 11 is 0. The van der Waals surface area contributed by atoms with E-state index in [1.807, 2.05) is 13.8 Å². The van der Waals surface area contributed by atoms with Gasteiger partial charge in [0.15, 0.2) is 0 Å². The van der Waals surface area contributed by atoms with Crippen LogP contribution in [-0.2, 0) is 0 Å². The summed E-state index contributed by atoms with van der Waals surface area (Å²) in [7, 11) is 0. The monoisotopic (exact) mass is 416 g/mol. The van der Waals surface area contributed by atoms with E-state index in [-0.39, 0.29) is 0 Å². The smallest absolute Gasteiger partial charge is 0.0811 e. The number of fused-ring (bicyclic) bond motifs is 1. The number of hydrogen-bond acceptors (Lipinski definition) is 3. The van der Waals surface area contributed by atoms with Gasteiger partial charge in [-0.15, -0.1) is 0 Å². The summed E-state index contributed by atoms with van der Waals surface area (Å²) in [6.45, 7) is 12.8. The van der Waals surface area contributed by atoms with E-state index >= 15 is 0 Å². The molecule has 170 valence electrons. The number of allylic oxidation sites excluding steroid dienone is 3. The van der Waals surface area contributed by atoms with Crippen LogP contribution in [0, 0.1) is 23.2 Å². The van der Waals surface area contributed by atoms with Crippen LogP contribution in [0.2, 0.25) is 0 Å². The maximum Gasteiger partial charge on any atom is 0.0811 e. The lowest BCUT2D eigenvalue weighted by Crippen LogP contribution is -2.36. The van der Waals surface area contributed by atoms with E-state index in [0.29, 0.717) is 30.1 Å². The van der Waals surface area contributed by atoms with Crippen LogP contribution in [0.3, 0.4) is 0 Å². The topological polar surface area (TPSA) is 60.7 Å². The van der Waals surface area contributed by atoms with Crippen molar-refractivity contribution in [2.75, 3.05) is 0 Å². The van der Waals surface area contributed by atoms with E-state index < -0.39 is 17.8 Å². The van der Waals surface area contributed by atoms with Gasteiger partial charge in [-0.1, -0.05) is 51.0 Å². The standard InChI is InChI=1S/C27H44O3/c1-18(8-6-14-26(3,4)30)23-12-13-24-20(9-7-15-27(23,24)5)10-11-21-16-22(28)17-25(29)19(21)2/h10-11,18,22-25,28-30H,2,6-9,12-17H2,1,3-5H3/b20-10+,21-11-/t18-,22-,23-,24+,25+,27-/m0/s1. The Balaban J connectivity index is 1.70. The molecule has 30 heavy (non-hydrogen) atoms. The zero-order valence-corrected chi connectivity index (χ0v) is 19.7. The maximum atomic E-state index is 10.1. The lowest BCUT2D eigenvalue weighted by Gasteiger charge is -2.44. The molecule has 0 amide bonds. The third-order valence-corrected chi connectivity index (χ3v) is 8.44. The van der Waals surface area contributed by atoms with Gasteiger partial charge in [0, 0.05) is 6.42 Å². The Hall–Kier alpha value is -0.900. The Labute approximate surface area is 184 Å². The molecule has 3 rings (SSSR count). The molecule has 3 fully saturated rings. The Kier molecular flexibility index (Phi) is 7.37. The Morgan fingerprint density at radius 1 is 1.23 bits per heavy atom. The molecular formula is C27H44O3. The molecule has 3 heteroatoms. The first-order valence-corrected chi connectivity index (χ1v) is 12.2. The Morgan fingerprint density at radius 3 is 2.67 bits per heavy atom. The second-order valence-corrected chi connectivity index (χ2v) is 11.3. The highest BCUT2D eigenvalue weighted by molar-refractivity contribution is 5.38. The third kappa shape index (κ3) is 5.29. The maximum absolute atomic E-state index is 10.1. The summed E-state index contributed by atoms with van der Waals surface area (Å²) in [6.07, 6.45) is 13.9. The van der Waals surface area contributed by atoms with Gasteiger partial charge in [0.25, 0.3) is 0 Å². The molecule has 3 saturated carbocycles. The van der Waals surface area contributed by atoms with E-state index in [4.69, 9.17) is 0 Å². The minimum absolute atomic E-state index is 0.374. The summed E-state index contributed by atoms with van der Waals surface area (Å²) in [6, 6.07) is 0. The van der Waals surface area contributed by atoms with Crippen molar-refractivity contribution in [2.24, 2.45) is 23.2 Å². The molecule has 0 unspecified atom stereocenters. The van der Waals surface area contributed by atoms with E-state index in [0.717, 1.165) is 29.9 Å². The van der Waals surface area contributed by atoms with Gasteiger partial charge in [0.1, 0.15) is 0 Å². The van der Waals surface area contributed by atoms with Crippen LogP contribution in [0.4, 0.5) is 0 Å². The highest BCUT2D eigenvalue weighted by Crippen LogP contribution is 2.60. The fraction of sp³-hybridized carbons (Fsp3) is 0.778. The predicted octanol–water partition coefficient (Wildman–Crippen LogP) is 5.70. The zero-order valence-electron chi connectivity index (χ0n) is 19.7. The molecule has 0 saturated heterocycles. The SMILES string of the molecule is C=C1/C(=C\C=C2/CCC[C@]3(C)[C@@H]2CC[C@H]3[C@@H](C)CCCC(C)(C)O)C[C@H](O)C[C@H]1O. The molecule has 3 aliphatic rings. The minimum Gasteiger partial charge on any atom is -0.393 e. The third-order valence-electron chi connectivity index (χ3n) is 8.44. The summed E-state index contributed by atoms with van der Waals surface area (Å²) in [5, 5.41) is 30.2. The van der Waals surface area contributed by atoms with Gasteiger partial charge in [0.05, 0.1) is 17.8 Å². The molecule has 3 nitrogen and oxygen atoms in total. The summed E-state index contributed by atoms with van der Waals surface area (Å²) in [5.41, 5.74) is 3.17. The van der Waals surface area contributed by atoms with Gasteiger partial charge in [-0.3, -0.25) is 0 Å². The van der Waals surface area contributed by atoms with Crippen LogP contribution < -0.4 is 0 Å². The van der Waals surface area contributed by atoms with Crippen molar-refractivity contribution >= 4 is 0 Å². The molecule has 0 aromatic rings. The normalized spacial score (nSPS) is 38.8. The van der Waals surface area contributed by atoms with Crippen LogP contribution in [0.5, 0.6) is 0 Å². The molecule has 0 radical (unpaired) electrons. The number of aliphatic hydroxyl groups excluding tert-OH is 2. The van der Waals surface area contributed by atoms with E-state index in [9.17, 15) is 15.3 Å². The second-order valence-electron chi connectivity index (χ2n) is 11.3. The molecule has 3 aliphatic carbocycles. The van der Waals surface area contributed by atoms with Crippen molar-refractivity contribution in [3.05, 3.63) is 35.5 Å². The van der Waals surface area contributed by atoms with E-state index in [1.165, 1.54) is 38.5 Å². The highest BCUT2D eigenvalue weighted by Gasteiger charge is 2.50. The first-order valence-electron chi connectivity index (χ1n) is 12.2. The Bertz CT molecular complexity index is 683. The van der Waals surface area contributed by atoms with E-state index in [1.54, 1.807) is 5.57 Å². The molecule has 3 N–H and O–H groups in total. The van der Waals surface area contributed by atoms with Crippen molar-refractivity contribution in [1.29, 1.82) is 0 Å². The van der Waals surface area contributed by atoms with E-state index in [2.05, 4.69) is 32.6 Å². The van der Waals surface area contributed by atoms with Gasteiger partial charge in [-0.2, -0.15) is 0 Å². The van der Waals surface area contributed by atoms with Gasteiger partial charge in [-0.05, 0) is 93.1 Å². The van der Waals surface area contributed by atoms with Crippen LogP contribution in [0.15, 0.2) is 35.5 Å². The van der Waals surface area contributed by atoms with Gasteiger partial charge >= 0.3 is 0 Å². The summed E-state index contributed by atoms with van der Waals surface area (Å²) < 4.78 is 0. The van der Waals surface area contributed by atoms with Crippen molar-refractivity contribution in [3.8, 4) is 0 Å². The average molecular weight is 417 g/mol. The van der Waals surface area contributed by atoms with Crippen LogP contribution in [0.1, 0.15) is 91.9 Å². The first kappa shape index (κ1) is 23.8. The van der Waals surface area contributed by atoms with Crippen molar-refractivity contribution in [3.63, 3.8) is 0 Å². The molecule has 0 heterocycles.